The fraction of sp³-hybridized carbons (Fsp3) is 0.133. The third-order valence-electron chi connectivity index (χ3n) is 3.07. The number of hydrogen-bond donors (Lipinski definition) is 1. The average molecular weight is 305 g/mol. The van der Waals surface area contributed by atoms with Crippen LogP contribution in [0, 0.1) is 17.1 Å². The Morgan fingerprint density at radius 2 is 2.14 bits per heavy atom. The number of benzene rings is 2. The summed E-state index contributed by atoms with van der Waals surface area (Å²) in [4.78, 5) is 0. The van der Waals surface area contributed by atoms with Crippen LogP contribution in [-0.2, 0) is 6.54 Å². The molecule has 1 heterocycles. The van der Waals surface area contributed by atoms with Gasteiger partial charge in [0, 0.05) is 6.54 Å². The van der Waals surface area contributed by atoms with Crippen molar-refractivity contribution in [2.24, 2.45) is 0 Å². The van der Waals surface area contributed by atoms with E-state index in [2.05, 4.69) is 5.32 Å². The van der Waals surface area contributed by atoms with Crippen LogP contribution in [0.5, 0.6) is 11.5 Å². The Kier molecular flexibility index (Phi) is 3.55. The summed E-state index contributed by atoms with van der Waals surface area (Å²) in [6, 6.07) is 9.55. The first kappa shape index (κ1) is 13.5. The van der Waals surface area contributed by atoms with E-state index in [0.717, 1.165) is 5.56 Å². The number of nitriles is 1. The van der Waals surface area contributed by atoms with Crippen LogP contribution >= 0.6 is 11.6 Å². The highest BCUT2D eigenvalue weighted by molar-refractivity contribution is 6.32. The van der Waals surface area contributed by atoms with E-state index in [1.54, 1.807) is 6.07 Å². The Balaban J connectivity index is 1.80. The summed E-state index contributed by atoms with van der Waals surface area (Å²) in [5.41, 5.74) is 1.69. The number of halogens is 2. The molecule has 0 atom stereocenters. The zero-order chi connectivity index (χ0) is 14.8. The van der Waals surface area contributed by atoms with Crippen LogP contribution in [0.15, 0.2) is 30.3 Å². The summed E-state index contributed by atoms with van der Waals surface area (Å²) in [7, 11) is 0. The first-order chi connectivity index (χ1) is 10.2. The number of hydrogen-bond acceptors (Lipinski definition) is 4. The molecule has 0 spiro atoms. The Morgan fingerprint density at radius 3 is 2.95 bits per heavy atom. The highest BCUT2D eigenvalue weighted by atomic mass is 35.5. The Hall–Kier alpha value is -2.45. The van der Waals surface area contributed by atoms with Crippen molar-refractivity contribution in [3.05, 3.63) is 52.3 Å². The maximum absolute atomic E-state index is 13.1. The molecule has 0 aliphatic carbocycles. The lowest BCUT2D eigenvalue weighted by molar-refractivity contribution is 0.174. The Bertz CT molecular complexity index is 743. The quantitative estimate of drug-likeness (QED) is 0.939. The lowest BCUT2D eigenvalue weighted by Crippen LogP contribution is -2.01. The van der Waals surface area contributed by atoms with E-state index in [9.17, 15) is 4.39 Å². The smallest absolute Gasteiger partial charge is 0.231 e. The van der Waals surface area contributed by atoms with Gasteiger partial charge in [-0.3, -0.25) is 0 Å². The SMILES string of the molecule is N#Cc1cc(F)ccc1NCc1cc(Cl)c2c(c1)OCO2. The van der Waals surface area contributed by atoms with Crippen molar-refractivity contribution in [2.45, 2.75) is 6.54 Å². The number of anilines is 1. The maximum Gasteiger partial charge on any atom is 0.231 e. The molecule has 1 N–H and O–H groups in total. The molecule has 106 valence electrons. The standard InChI is InChI=1S/C15H10ClFN2O2/c16-12-3-9(4-14-15(12)21-8-20-14)7-19-13-2-1-11(17)5-10(13)6-18/h1-5,19H,7-8H2. The van der Waals surface area contributed by atoms with Gasteiger partial charge in [-0.05, 0) is 35.9 Å². The lowest BCUT2D eigenvalue weighted by atomic mass is 10.1. The van der Waals surface area contributed by atoms with Crippen LogP contribution in [0.3, 0.4) is 0 Å². The molecule has 2 aromatic carbocycles. The Morgan fingerprint density at radius 1 is 1.29 bits per heavy atom. The first-order valence-corrected chi connectivity index (χ1v) is 6.56. The van der Waals surface area contributed by atoms with Crippen LogP contribution in [-0.4, -0.2) is 6.79 Å². The zero-order valence-electron chi connectivity index (χ0n) is 10.8. The topological polar surface area (TPSA) is 54.3 Å². The minimum atomic E-state index is -0.441. The summed E-state index contributed by atoms with van der Waals surface area (Å²) >= 11 is 6.10. The van der Waals surface area contributed by atoms with E-state index in [1.807, 2.05) is 12.1 Å². The van der Waals surface area contributed by atoms with E-state index in [1.165, 1.54) is 18.2 Å². The molecule has 0 saturated carbocycles. The van der Waals surface area contributed by atoms with Gasteiger partial charge in [-0.25, -0.2) is 4.39 Å². The number of fused-ring (bicyclic) bond motifs is 1. The molecule has 2 aromatic rings. The number of nitrogens with zero attached hydrogens (tertiary/aromatic N) is 1. The van der Waals surface area contributed by atoms with Crippen LogP contribution in [0.2, 0.25) is 5.02 Å². The van der Waals surface area contributed by atoms with Crippen LogP contribution in [0.4, 0.5) is 10.1 Å². The van der Waals surface area contributed by atoms with Crippen molar-refractivity contribution < 1.29 is 13.9 Å². The number of nitrogens with one attached hydrogen (secondary N) is 1. The monoisotopic (exact) mass is 304 g/mol. The summed E-state index contributed by atoms with van der Waals surface area (Å²) in [5, 5.41) is 12.6. The second-order valence-corrected chi connectivity index (χ2v) is 4.87. The maximum atomic E-state index is 13.1. The van der Waals surface area contributed by atoms with Gasteiger partial charge in [-0.2, -0.15) is 5.26 Å². The molecule has 6 heteroatoms. The zero-order valence-corrected chi connectivity index (χ0v) is 11.6. The molecule has 0 fully saturated rings. The van der Waals surface area contributed by atoms with E-state index < -0.39 is 5.82 Å². The molecule has 0 unspecified atom stereocenters. The molecule has 0 aromatic heterocycles. The Labute approximate surface area is 125 Å². The fourth-order valence-corrected chi connectivity index (χ4v) is 2.37. The highest BCUT2D eigenvalue weighted by Gasteiger charge is 2.18. The number of ether oxygens (including phenoxy) is 2. The van der Waals surface area contributed by atoms with E-state index in [4.69, 9.17) is 26.3 Å². The van der Waals surface area contributed by atoms with Crippen molar-refractivity contribution in [1.29, 1.82) is 5.26 Å². The molecule has 1 aliphatic heterocycles. The van der Waals surface area contributed by atoms with Crippen LogP contribution in [0.1, 0.15) is 11.1 Å². The molecule has 21 heavy (non-hydrogen) atoms. The molecular weight excluding hydrogens is 295 g/mol. The molecule has 0 radical (unpaired) electrons. The molecule has 3 rings (SSSR count). The van der Waals surface area contributed by atoms with Crippen molar-refractivity contribution in [1.82, 2.24) is 0 Å². The summed E-state index contributed by atoms with van der Waals surface area (Å²) < 4.78 is 23.6. The third kappa shape index (κ3) is 2.71. The predicted molar refractivity (Wildman–Crippen MR) is 76.0 cm³/mol. The summed E-state index contributed by atoms with van der Waals surface area (Å²) in [6.07, 6.45) is 0. The van der Waals surface area contributed by atoms with Crippen molar-refractivity contribution in [2.75, 3.05) is 12.1 Å². The van der Waals surface area contributed by atoms with Gasteiger partial charge in [0.05, 0.1) is 16.3 Å². The first-order valence-electron chi connectivity index (χ1n) is 6.19. The minimum Gasteiger partial charge on any atom is -0.454 e. The van der Waals surface area contributed by atoms with Crippen molar-refractivity contribution in [3.8, 4) is 17.6 Å². The largest absolute Gasteiger partial charge is 0.454 e. The van der Waals surface area contributed by atoms with E-state index in [-0.39, 0.29) is 12.4 Å². The van der Waals surface area contributed by atoms with E-state index in [0.29, 0.717) is 28.8 Å². The highest BCUT2D eigenvalue weighted by Crippen LogP contribution is 2.39. The molecule has 1 aliphatic rings. The van der Waals surface area contributed by atoms with Gasteiger partial charge in [-0.1, -0.05) is 11.6 Å². The molecule has 4 nitrogen and oxygen atoms in total. The molecule has 0 saturated heterocycles. The van der Waals surface area contributed by atoms with Gasteiger partial charge in [0.25, 0.3) is 0 Å². The molecular formula is C15H10ClFN2O2. The van der Waals surface area contributed by atoms with Gasteiger partial charge >= 0.3 is 0 Å². The van der Waals surface area contributed by atoms with Gasteiger partial charge in [0.2, 0.25) is 6.79 Å². The molecule has 0 bridgehead atoms. The van der Waals surface area contributed by atoms with Crippen molar-refractivity contribution in [3.63, 3.8) is 0 Å². The number of rotatable bonds is 3. The van der Waals surface area contributed by atoms with Gasteiger partial charge in [0.15, 0.2) is 11.5 Å². The summed E-state index contributed by atoms with van der Waals surface area (Å²) in [5.74, 6) is 0.696. The van der Waals surface area contributed by atoms with Gasteiger partial charge in [-0.15, -0.1) is 0 Å². The van der Waals surface area contributed by atoms with E-state index >= 15 is 0 Å². The second kappa shape index (κ2) is 5.51. The van der Waals surface area contributed by atoms with Crippen molar-refractivity contribution >= 4 is 17.3 Å². The second-order valence-electron chi connectivity index (χ2n) is 4.47. The minimum absolute atomic E-state index is 0.155. The van der Waals surface area contributed by atoms with Crippen LogP contribution in [0.25, 0.3) is 0 Å². The van der Waals surface area contributed by atoms with Gasteiger partial charge in [0.1, 0.15) is 11.9 Å². The predicted octanol–water partition coefficient (Wildman–Crippen LogP) is 3.69. The van der Waals surface area contributed by atoms with Gasteiger partial charge < -0.3 is 14.8 Å². The summed E-state index contributed by atoms with van der Waals surface area (Å²) in [6.45, 7) is 0.582. The lowest BCUT2D eigenvalue weighted by Gasteiger charge is -2.09. The normalized spacial score (nSPS) is 12.0. The van der Waals surface area contributed by atoms with Crippen LogP contribution < -0.4 is 14.8 Å². The fourth-order valence-electron chi connectivity index (χ4n) is 2.08. The average Bonchev–Trinajstić information content (AvgIpc) is 2.94. The molecule has 0 amide bonds. The third-order valence-corrected chi connectivity index (χ3v) is 3.35.